The van der Waals surface area contributed by atoms with Crippen LogP contribution in [0.4, 0.5) is 11.4 Å². The highest BCUT2D eigenvalue weighted by Crippen LogP contribution is 2.37. The minimum absolute atomic E-state index is 0.0656. The molecule has 0 radical (unpaired) electrons. The molecule has 9 nitrogen and oxygen atoms in total. The number of nitrogens with one attached hydrogen (secondary N) is 1. The van der Waals surface area contributed by atoms with Crippen LogP contribution < -0.4 is 20.0 Å². The number of rotatable bonds is 11. The van der Waals surface area contributed by atoms with E-state index in [1.807, 2.05) is 48.3 Å². The molecule has 1 N–H and O–H groups in total. The molecule has 0 amide bonds. The van der Waals surface area contributed by atoms with E-state index >= 15 is 0 Å². The summed E-state index contributed by atoms with van der Waals surface area (Å²) in [5.41, 5.74) is 0.234. The molecule has 220 valence electrons. The third-order valence-electron chi connectivity index (χ3n) is 7.64. The van der Waals surface area contributed by atoms with Crippen molar-refractivity contribution in [2.75, 3.05) is 51.3 Å². The molecule has 0 aliphatic carbocycles. The second kappa shape index (κ2) is 12.8. The first-order valence-electron chi connectivity index (χ1n) is 13.9. The molecule has 1 heterocycles. The molecule has 3 aromatic carbocycles. The van der Waals surface area contributed by atoms with Gasteiger partial charge in [-0.25, -0.2) is 13.1 Å². The third kappa shape index (κ3) is 6.87. The Morgan fingerprint density at radius 1 is 0.927 bits per heavy atom. The van der Waals surface area contributed by atoms with Crippen molar-refractivity contribution in [3.63, 3.8) is 0 Å². The monoisotopic (exact) mass is 596 g/mol. The maximum atomic E-state index is 13.5. The third-order valence-corrected chi connectivity index (χ3v) is 14.2. The van der Waals surface area contributed by atoms with Gasteiger partial charge in [-0.1, -0.05) is 81.4 Å². The van der Waals surface area contributed by atoms with Crippen LogP contribution in [0.3, 0.4) is 0 Å². The van der Waals surface area contributed by atoms with Gasteiger partial charge in [0.15, 0.2) is 0 Å². The smallest absolute Gasteiger partial charge is 0.270 e. The molecule has 41 heavy (non-hydrogen) atoms. The van der Waals surface area contributed by atoms with E-state index in [4.69, 9.17) is 4.43 Å². The average molecular weight is 597 g/mol. The maximum Gasteiger partial charge on any atom is 0.270 e. The minimum atomic E-state index is -4.01. The topological polar surface area (TPSA) is 105 Å². The van der Waals surface area contributed by atoms with Crippen LogP contribution in [0.25, 0.3) is 0 Å². The highest BCUT2D eigenvalue weighted by Gasteiger charge is 2.50. The van der Waals surface area contributed by atoms with E-state index in [-0.39, 0.29) is 22.2 Å². The first kappa shape index (κ1) is 30.9. The molecule has 0 saturated carbocycles. The Morgan fingerprint density at radius 2 is 1.49 bits per heavy atom. The Morgan fingerprint density at radius 3 is 2.00 bits per heavy atom. The lowest BCUT2D eigenvalue weighted by Gasteiger charge is -2.43. The van der Waals surface area contributed by atoms with Crippen LogP contribution in [0, 0.1) is 10.1 Å². The van der Waals surface area contributed by atoms with E-state index in [0.717, 1.165) is 29.5 Å². The van der Waals surface area contributed by atoms with E-state index in [9.17, 15) is 18.5 Å². The van der Waals surface area contributed by atoms with Crippen LogP contribution in [0.15, 0.2) is 83.8 Å². The fourth-order valence-corrected chi connectivity index (χ4v) is 11.4. The van der Waals surface area contributed by atoms with Crippen molar-refractivity contribution in [2.24, 2.45) is 0 Å². The number of nitro benzene ring substituents is 1. The van der Waals surface area contributed by atoms with E-state index in [1.165, 1.54) is 6.07 Å². The number of anilines is 1. The zero-order valence-electron chi connectivity index (χ0n) is 24.2. The normalized spacial score (nSPS) is 15.2. The van der Waals surface area contributed by atoms with Crippen molar-refractivity contribution >= 4 is 40.1 Å². The van der Waals surface area contributed by atoms with Gasteiger partial charge >= 0.3 is 0 Å². The van der Waals surface area contributed by atoms with Crippen LogP contribution >= 0.6 is 0 Å². The molecule has 1 aliphatic heterocycles. The molecule has 0 unspecified atom stereocenters. The highest BCUT2D eigenvalue weighted by atomic mass is 32.2. The number of likely N-dealkylation sites (N-methyl/N-ethyl adjacent to an activating group) is 1. The number of piperazine rings is 1. The lowest BCUT2D eigenvalue weighted by Crippen LogP contribution is -2.66. The summed E-state index contributed by atoms with van der Waals surface area (Å²) in [5, 5.41) is 13.6. The van der Waals surface area contributed by atoms with Crippen LogP contribution in [0.5, 0.6) is 0 Å². The van der Waals surface area contributed by atoms with Crippen molar-refractivity contribution in [2.45, 2.75) is 37.1 Å². The second-order valence-corrected chi connectivity index (χ2v) is 17.5. The summed E-state index contributed by atoms with van der Waals surface area (Å²) in [7, 11) is -4.73. The van der Waals surface area contributed by atoms with Crippen molar-refractivity contribution < 1.29 is 17.8 Å². The number of hydrogen-bond acceptors (Lipinski definition) is 7. The van der Waals surface area contributed by atoms with Gasteiger partial charge in [-0.3, -0.25) is 10.1 Å². The average Bonchev–Trinajstić information content (AvgIpc) is 2.95. The minimum Gasteiger partial charge on any atom is -0.407 e. The SMILES string of the molecule is CN1CCN(c2ccc([N+](=O)[O-])cc2S(=O)(=O)NCCCO[Si](c2ccccc2)(c2ccccc2)C(C)(C)C)CC1. The van der Waals surface area contributed by atoms with Crippen LogP contribution in [-0.4, -0.2) is 72.9 Å². The van der Waals surface area contributed by atoms with Gasteiger partial charge in [-0.05, 0) is 34.9 Å². The fourth-order valence-electron chi connectivity index (χ4n) is 5.48. The summed E-state index contributed by atoms with van der Waals surface area (Å²) in [5.74, 6) is 0. The number of non-ortho nitro benzene ring substituents is 1. The van der Waals surface area contributed by atoms with Gasteiger partial charge in [0.25, 0.3) is 14.0 Å². The summed E-state index contributed by atoms with van der Waals surface area (Å²) < 4.78 is 36.5. The van der Waals surface area contributed by atoms with Gasteiger partial charge in [0.05, 0.1) is 10.6 Å². The summed E-state index contributed by atoms with van der Waals surface area (Å²) >= 11 is 0. The summed E-state index contributed by atoms with van der Waals surface area (Å²) in [6.45, 7) is 9.94. The van der Waals surface area contributed by atoms with E-state index in [2.05, 4.69) is 54.7 Å². The quantitative estimate of drug-likeness (QED) is 0.156. The molecule has 0 bridgehead atoms. The number of nitro groups is 1. The Bertz CT molecular complexity index is 1380. The number of hydrogen-bond donors (Lipinski definition) is 1. The van der Waals surface area contributed by atoms with Gasteiger partial charge in [0.2, 0.25) is 10.0 Å². The summed E-state index contributed by atoms with van der Waals surface area (Å²) in [6, 6.07) is 24.7. The standard InChI is InChI=1S/C30H40N4O5SSi/c1-30(2,3)41(26-12-7-5-8-13-26,27-14-9-6-10-15-27)39-23-11-18-31-40(37,38)29-24-25(34(35)36)16-17-28(29)33-21-19-32(4)20-22-33/h5-10,12-17,24,31H,11,18-23H2,1-4H3. The molecule has 0 aromatic heterocycles. The molecule has 1 saturated heterocycles. The molecular formula is C30H40N4O5SSi. The first-order chi connectivity index (χ1) is 19.5. The highest BCUT2D eigenvalue weighted by molar-refractivity contribution is 7.89. The molecule has 4 rings (SSSR count). The number of sulfonamides is 1. The molecule has 11 heteroatoms. The predicted molar refractivity (Wildman–Crippen MR) is 166 cm³/mol. The van der Waals surface area contributed by atoms with Crippen LogP contribution in [0.1, 0.15) is 27.2 Å². The molecular weight excluding hydrogens is 557 g/mol. The van der Waals surface area contributed by atoms with Gasteiger partial charge in [-0.2, -0.15) is 0 Å². The van der Waals surface area contributed by atoms with Crippen molar-refractivity contribution in [3.05, 3.63) is 89.0 Å². The second-order valence-electron chi connectivity index (χ2n) is 11.5. The predicted octanol–water partition coefficient (Wildman–Crippen LogP) is 3.59. The van der Waals surface area contributed by atoms with E-state index in [1.54, 1.807) is 6.07 Å². The van der Waals surface area contributed by atoms with Crippen molar-refractivity contribution in [1.29, 1.82) is 0 Å². The molecule has 1 fully saturated rings. The zero-order valence-corrected chi connectivity index (χ0v) is 26.1. The Balaban J connectivity index is 1.52. The first-order valence-corrected chi connectivity index (χ1v) is 17.3. The summed E-state index contributed by atoms with van der Waals surface area (Å²) in [4.78, 5) is 15.0. The summed E-state index contributed by atoms with van der Waals surface area (Å²) in [6.07, 6.45) is 0.447. The van der Waals surface area contributed by atoms with Gasteiger partial charge < -0.3 is 14.2 Å². The van der Waals surface area contributed by atoms with Gasteiger partial charge in [-0.15, -0.1) is 0 Å². The molecule has 3 aromatic rings. The van der Waals surface area contributed by atoms with Crippen molar-refractivity contribution in [3.8, 4) is 0 Å². The van der Waals surface area contributed by atoms with Gasteiger partial charge in [0, 0.05) is 51.5 Å². The Hall–Kier alpha value is -3.09. The fraction of sp³-hybridized carbons (Fsp3) is 0.400. The largest absolute Gasteiger partial charge is 0.407 e. The van der Waals surface area contributed by atoms with Crippen molar-refractivity contribution in [1.82, 2.24) is 9.62 Å². The zero-order chi connectivity index (χ0) is 29.7. The lowest BCUT2D eigenvalue weighted by molar-refractivity contribution is -0.385. The lowest BCUT2D eigenvalue weighted by atomic mass is 10.2. The van der Waals surface area contributed by atoms with E-state index < -0.39 is 23.3 Å². The number of benzene rings is 3. The maximum absolute atomic E-state index is 13.5. The Kier molecular flexibility index (Phi) is 9.65. The van der Waals surface area contributed by atoms with E-state index in [0.29, 0.717) is 31.8 Å². The molecule has 0 atom stereocenters. The molecule has 0 spiro atoms. The Labute approximate surface area is 244 Å². The number of nitrogens with zero attached hydrogens (tertiary/aromatic N) is 3. The van der Waals surface area contributed by atoms with Crippen LogP contribution in [0.2, 0.25) is 5.04 Å². The van der Waals surface area contributed by atoms with Gasteiger partial charge in [0.1, 0.15) is 4.90 Å². The van der Waals surface area contributed by atoms with Crippen LogP contribution in [-0.2, 0) is 14.4 Å². The molecule has 1 aliphatic rings.